The number of aromatic nitrogens is 1. The number of H-pyrrole nitrogens is 1. The van der Waals surface area contributed by atoms with E-state index in [4.69, 9.17) is 16.9 Å². The van der Waals surface area contributed by atoms with Crippen molar-refractivity contribution in [3.05, 3.63) is 71.1 Å². The molecule has 8 rings (SSSR count). The van der Waals surface area contributed by atoms with Crippen LogP contribution in [0.5, 0.6) is 0 Å². The van der Waals surface area contributed by atoms with E-state index >= 15 is 0 Å². The van der Waals surface area contributed by atoms with Gasteiger partial charge in [0.1, 0.15) is 11.5 Å². The highest BCUT2D eigenvalue weighted by Crippen LogP contribution is 2.68. The Balaban J connectivity index is 1.38. The fourth-order valence-electron chi connectivity index (χ4n) is 12.6. The minimum Gasteiger partial charge on any atom is -0.468 e. The minimum absolute atomic E-state index is 0.0144. The molecule has 11 heteroatoms. The number of likely N-dealkylation sites (tertiary alicyclic amines) is 1. The number of hydrogen-bond donors (Lipinski definition) is 5. The summed E-state index contributed by atoms with van der Waals surface area (Å²) in [5.74, 6) is 1.36. The molecule has 3 unspecified atom stereocenters. The number of para-hydroxylation sites is 1. The lowest BCUT2D eigenvalue weighted by Gasteiger charge is -2.63. The number of fused-ring (bicyclic) bond motifs is 5. The number of carbonyl (C=O) groups is 2. The number of amides is 1. The molecule has 6 N–H and O–H groups in total. The summed E-state index contributed by atoms with van der Waals surface area (Å²) in [5, 5.41) is 37.7. The Morgan fingerprint density at radius 2 is 1.93 bits per heavy atom. The molecule has 2 bridgehead atoms. The van der Waals surface area contributed by atoms with Crippen LogP contribution in [-0.2, 0) is 26.2 Å². The van der Waals surface area contributed by atoms with E-state index in [1.807, 2.05) is 56.1 Å². The fourth-order valence-corrected chi connectivity index (χ4v) is 12.6. The Kier molecular flexibility index (Phi) is 8.79. The molecule has 2 aromatic rings. The summed E-state index contributed by atoms with van der Waals surface area (Å²) in [6, 6.07) is 6.94. The second-order valence-electron chi connectivity index (χ2n) is 17.1. The molecule has 1 spiro atoms. The van der Waals surface area contributed by atoms with Gasteiger partial charge in [-0.3, -0.25) is 19.4 Å². The van der Waals surface area contributed by atoms with Crippen molar-refractivity contribution in [3.63, 3.8) is 0 Å². The summed E-state index contributed by atoms with van der Waals surface area (Å²) in [4.78, 5) is 38.7. The Labute approximate surface area is 317 Å². The van der Waals surface area contributed by atoms with Gasteiger partial charge in [0.05, 0.1) is 18.8 Å². The van der Waals surface area contributed by atoms with Crippen LogP contribution < -0.4 is 5.73 Å². The van der Waals surface area contributed by atoms with Crippen LogP contribution in [0.1, 0.15) is 63.6 Å². The quantitative estimate of drug-likeness (QED) is 0.171. The standard InChI is InChI=1S/C43H55N5O6/c1-6-12-32-30(42-19-22-48-20-11-17-40(8-3,34(42)48)36(49)43(53,37(44)50)35(42)46(32)4)15-18-41(38(51)54-5)24-27-23-39(52,7-2)26-47(25-27)21-16-29-28-13-9-10-14-31(28)45-33(29)41/h1,9-15,17,27,34-36,45,49,52-53H,7-8,16,18-26H2,2-5H3,(H2,44,50)/b30-15+,32-12+/t27-,34?,35?,36-,39?,40-,41-,42-,43+/m1/s1. The van der Waals surface area contributed by atoms with Crippen molar-refractivity contribution in [2.45, 2.75) is 93.6 Å². The largest absolute Gasteiger partial charge is 0.468 e. The lowest BCUT2D eigenvalue weighted by atomic mass is 9.47. The molecule has 54 heavy (non-hydrogen) atoms. The summed E-state index contributed by atoms with van der Waals surface area (Å²) in [6.45, 7) is 7.43. The van der Waals surface area contributed by atoms with Crippen LogP contribution in [0.3, 0.4) is 0 Å². The number of terminal acetylenes is 1. The molecular weight excluding hydrogens is 683 g/mol. The molecule has 4 fully saturated rings. The summed E-state index contributed by atoms with van der Waals surface area (Å²) in [5.41, 5.74) is 4.24. The lowest BCUT2D eigenvalue weighted by Crippen LogP contribution is -2.79. The molecule has 1 amide bonds. The molecule has 1 aromatic heterocycles. The molecule has 1 saturated carbocycles. The van der Waals surface area contributed by atoms with Crippen molar-refractivity contribution in [3.8, 4) is 12.3 Å². The first kappa shape index (κ1) is 37.0. The van der Waals surface area contributed by atoms with E-state index in [1.165, 1.54) is 7.11 Å². The Bertz CT molecular complexity index is 2010. The Morgan fingerprint density at radius 3 is 2.63 bits per heavy atom. The van der Waals surface area contributed by atoms with E-state index in [0.717, 1.165) is 40.8 Å². The van der Waals surface area contributed by atoms with Crippen molar-refractivity contribution in [1.29, 1.82) is 0 Å². The zero-order valence-corrected chi connectivity index (χ0v) is 32.0. The number of likely N-dealkylation sites (N-methyl/N-ethyl adjacent to an activating group) is 1. The topological polar surface area (TPSA) is 156 Å². The number of aliphatic hydroxyl groups is 3. The van der Waals surface area contributed by atoms with E-state index in [-0.39, 0.29) is 24.3 Å². The van der Waals surface area contributed by atoms with Gasteiger partial charge in [0.2, 0.25) is 0 Å². The van der Waals surface area contributed by atoms with E-state index in [9.17, 15) is 24.9 Å². The Hall–Kier alpha value is -3.92. The highest BCUT2D eigenvalue weighted by Gasteiger charge is 2.79. The number of methoxy groups -OCH3 is 1. The predicted molar refractivity (Wildman–Crippen MR) is 206 cm³/mol. The maximum Gasteiger partial charge on any atom is 0.318 e. The lowest BCUT2D eigenvalue weighted by molar-refractivity contribution is -0.220. The number of nitrogens with zero attached hydrogens (tertiary/aromatic N) is 3. The van der Waals surface area contributed by atoms with E-state index in [0.29, 0.717) is 63.9 Å². The van der Waals surface area contributed by atoms with Crippen LogP contribution >= 0.6 is 0 Å². The molecule has 10 atom stereocenters. The average molecular weight is 738 g/mol. The van der Waals surface area contributed by atoms with Gasteiger partial charge in [0, 0.05) is 78.5 Å². The van der Waals surface area contributed by atoms with Gasteiger partial charge in [-0.25, -0.2) is 0 Å². The molecule has 1 aromatic carbocycles. The molecular formula is C43H55N5O6. The van der Waals surface area contributed by atoms with Crippen LogP contribution in [0.15, 0.2) is 59.8 Å². The van der Waals surface area contributed by atoms with Crippen LogP contribution in [0.2, 0.25) is 0 Å². The third-order valence-electron chi connectivity index (χ3n) is 14.7. The average Bonchev–Trinajstić information content (AvgIpc) is 3.82. The van der Waals surface area contributed by atoms with Crippen LogP contribution in [0, 0.1) is 29.1 Å². The van der Waals surface area contributed by atoms with Crippen molar-refractivity contribution in [2.75, 3.05) is 46.9 Å². The number of aliphatic hydroxyl groups excluding tert-OH is 1. The summed E-state index contributed by atoms with van der Waals surface area (Å²) in [6.07, 6.45) is 15.9. The maximum atomic E-state index is 14.8. The third-order valence-corrected chi connectivity index (χ3v) is 14.7. The van der Waals surface area contributed by atoms with Gasteiger partial charge < -0.3 is 35.7 Å². The zero-order chi connectivity index (χ0) is 38.4. The second kappa shape index (κ2) is 12.8. The van der Waals surface area contributed by atoms with Crippen molar-refractivity contribution in [1.82, 2.24) is 19.7 Å². The first-order valence-corrected chi connectivity index (χ1v) is 19.7. The number of ether oxygens (including phenoxy) is 1. The Morgan fingerprint density at radius 1 is 1.15 bits per heavy atom. The predicted octanol–water partition coefficient (Wildman–Crippen LogP) is 2.75. The van der Waals surface area contributed by atoms with E-state index in [1.54, 1.807) is 6.08 Å². The second-order valence-corrected chi connectivity index (χ2v) is 17.1. The first-order chi connectivity index (χ1) is 25.8. The molecule has 6 aliphatic rings. The number of piperidine rings is 1. The maximum absolute atomic E-state index is 14.8. The highest BCUT2D eigenvalue weighted by molar-refractivity contribution is 5.91. The van der Waals surface area contributed by atoms with Crippen LogP contribution in [0.25, 0.3) is 10.9 Å². The number of hydrogen-bond acceptors (Lipinski definition) is 9. The van der Waals surface area contributed by atoms with Gasteiger partial charge in [-0.1, -0.05) is 56.2 Å². The number of aromatic amines is 1. The van der Waals surface area contributed by atoms with E-state index < -0.39 is 45.5 Å². The normalized spacial score (nSPS) is 41.4. The van der Waals surface area contributed by atoms with E-state index in [2.05, 4.69) is 32.8 Å². The van der Waals surface area contributed by atoms with Gasteiger partial charge in [0.15, 0.2) is 5.60 Å². The fraction of sp³-hybridized carbons (Fsp3) is 0.581. The molecule has 1 aliphatic carbocycles. The highest BCUT2D eigenvalue weighted by atomic mass is 16.5. The van der Waals surface area contributed by atoms with Crippen molar-refractivity contribution >= 4 is 22.8 Å². The number of primary amides is 1. The number of nitrogens with two attached hydrogens (primary N) is 1. The number of allylic oxidation sites excluding steroid dienone is 3. The van der Waals surface area contributed by atoms with Gasteiger partial charge in [-0.05, 0) is 74.6 Å². The van der Waals surface area contributed by atoms with Gasteiger partial charge in [-0.15, -0.1) is 6.42 Å². The number of esters is 1. The molecule has 288 valence electrons. The summed E-state index contributed by atoms with van der Waals surface area (Å²) in [7, 11) is 3.25. The summed E-state index contributed by atoms with van der Waals surface area (Å²) < 4.78 is 5.80. The molecule has 5 aliphatic heterocycles. The SMILES string of the molecule is C#C/C=C1\C(=C/C[C@@]2(C(=O)OC)C[C@@H]3C[N@](CCc4c2[nH]c2ccccc42)CC(O)(CC)C3)[C@]23CCN4CC=C[C@](CC)(C42)[C@@H](O)[C@](O)(C(N)=O)C3N1C. The number of nitrogens with one attached hydrogen (secondary N) is 1. The number of rotatable bonds is 6. The number of benzene rings is 1. The molecule has 3 saturated heterocycles. The van der Waals surface area contributed by atoms with Crippen LogP contribution in [-0.4, -0.2) is 123 Å². The van der Waals surface area contributed by atoms with Gasteiger partial charge in [-0.2, -0.15) is 0 Å². The van der Waals surface area contributed by atoms with Crippen molar-refractivity contribution < 1.29 is 29.6 Å². The monoisotopic (exact) mass is 737 g/mol. The molecule has 0 radical (unpaired) electrons. The van der Waals surface area contributed by atoms with Crippen LogP contribution in [0.4, 0.5) is 0 Å². The van der Waals surface area contributed by atoms with Gasteiger partial charge >= 0.3 is 5.97 Å². The van der Waals surface area contributed by atoms with Crippen molar-refractivity contribution in [2.24, 2.45) is 22.5 Å². The summed E-state index contributed by atoms with van der Waals surface area (Å²) >= 11 is 0. The minimum atomic E-state index is -2.32. The molecule has 6 heterocycles. The first-order valence-electron chi connectivity index (χ1n) is 19.7. The smallest absolute Gasteiger partial charge is 0.318 e. The number of carbonyl (C=O) groups excluding carboxylic acids is 2. The zero-order valence-electron chi connectivity index (χ0n) is 32.0. The van der Waals surface area contributed by atoms with Gasteiger partial charge in [0.25, 0.3) is 5.91 Å². The molecule has 11 nitrogen and oxygen atoms in total. The third kappa shape index (κ3) is 4.80.